The molecule has 1 rings (SSSR count). The lowest BCUT2D eigenvalue weighted by atomic mass is 9.66. The molecule has 2 heteroatoms. The van der Waals surface area contributed by atoms with Crippen LogP contribution in [-0.4, -0.2) is 19.8 Å². The highest BCUT2D eigenvalue weighted by Gasteiger charge is 2.35. The molecule has 3 atom stereocenters. The van der Waals surface area contributed by atoms with Crippen LogP contribution in [0.3, 0.4) is 0 Å². The molecule has 0 aromatic rings. The topological polar surface area (TPSA) is 35.2 Å². The average molecular weight is 199 g/mol. The van der Waals surface area contributed by atoms with Gasteiger partial charge in [-0.15, -0.1) is 0 Å². The van der Waals surface area contributed by atoms with Crippen molar-refractivity contribution in [2.45, 2.75) is 46.1 Å². The molecular weight excluding hydrogens is 174 g/mol. The molecule has 0 amide bonds. The zero-order chi connectivity index (χ0) is 10.8. The predicted molar refractivity (Wildman–Crippen MR) is 60.1 cm³/mol. The maximum absolute atomic E-state index is 6.18. The molecule has 1 fully saturated rings. The summed E-state index contributed by atoms with van der Waals surface area (Å²) in [5, 5.41) is 0. The van der Waals surface area contributed by atoms with Crippen molar-refractivity contribution in [2.24, 2.45) is 23.0 Å². The van der Waals surface area contributed by atoms with Gasteiger partial charge in [-0.2, -0.15) is 0 Å². The van der Waals surface area contributed by atoms with Crippen LogP contribution in [0.2, 0.25) is 0 Å². The molecule has 0 heterocycles. The Labute approximate surface area is 88.2 Å². The molecule has 0 saturated heterocycles. The first-order valence-corrected chi connectivity index (χ1v) is 5.71. The molecular formula is C12H25NO. The molecule has 1 saturated carbocycles. The summed E-state index contributed by atoms with van der Waals surface area (Å²) in [5.74, 6) is 1.23. The van der Waals surface area contributed by atoms with Crippen molar-refractivity contribution in [3.63, 3.8) is 0 Å². The van der Waals surface area contributed by atoms with Gasteiger partial charge < -0.3 is 10.5 Å². The van der Waals surface area contributed by atoms with Crippen LogP contribution in [0.15, 0.2) is 0 Å². The molecule has 84 valence electrons. The predicted octanol–water partition coefficient (Wildman–Crippen LogP) is 2.42. The van der Waals surface area contributed by atoms with Crippen molar-refractivity contribution in [3.05, 3.63) is 0 Å². The van der Waals surface area contributed by atoms with E-state index in [0.29, 0.717) is 23.3 Å². The van der Waals surface area contributed by atoms with E-state index >= 15 is 0 Å². The summed E-state index contributed by atoms with van der Waals surface area (Å²) < 4.78 is 5.22. The summed E-state index contributed by atoms with van der Waals surface area (Å²) in [5.41, 5.74) is 6.65. The largest absolute Gasteiger partial charge is 0.384 e. The van der Waals surface area contributed by atoms with Crippen molar-refractivity contribution < 1.29 is 4.74 Å². The van der Waals surface area contributed by atoms with Crippen LogP contribution in [-0.2, 0) is 4.74 Å². The maximum Gasteiger partial charge on any atom is 0.0491 e. The molecule has 0 spiro atoms. The van der Waals surface area contributed by atoms with Gasteiger partial charge in [0.15, 0.2) is 0 Å². The van der Waals surface area contributed by atoms with Crippen LogP contribution in [0.4, 0.5) is 0 Å². The zero-order valence-electron chi connectivity index (χ0n) is 10.0. The third-order valence-electron chi connectivity index (χ3n) is 3.65. The van der Waals surface area contributed by atoms with E-state index in [0.717, 1.165) is 6.61 Å². The molecule has 1 aliphatic carbocycles. The monoisotopic (exact) mass is 199 g/mol. The maximum atomic E-state index is 6.18. The smallest absolute Gasteiger partial charge is 0.0491 e. The Bertz CT molecular complexity index is 179. The number of nitrogens with two attached hydrogens (primary N) is 1. The first-order chi connectivity index (χ1) is 6.46. The first-order valence-electron chi connectivity index (χ1n) is 5.71. The quantitative estimate of drug-likeness (QED) is 0.757. The summed E-state index contributed by atoms with van der Waals surface area (Å²) in [6.07, 6.45) is 3.69. The van der Waals surface area contributed by atoms with Gasteiger partial charge in [0.05, 0.1) is 0 Å². The van der Waals surface area contributed by atoms with E-state index < -0.39 is 0 Å². The summed E-state index contributed by atoms with van der Waals surface area (Å²) in [6.45, 7) is 7.81. The fourth-order valence-electron chi connectivity index (χ4n) is 2.67. The molecule has 0 aromatic heterocycles. The fourth-order valence-corrected chi connectivity index (χ4v) is 2.67. The van der Waals surface area contributed by atoms with Gasteiger partial charge in [0.2, 0.25) is 0 Å². The average Bonchev–Trinajstić information content (AvgIpc) is 2.10. The lowest BCUT2D eigenvalue weighted by Crippen LogP contribution is -2.43. The second kappa shape index (κ2) is 4.63. The van der Waals surface area contributed by atoms with E-state index in [1.54, 1.807) is 7.11 Å². The Kier molecular flexibility index (Phi) is 3.96. The van der Waals surface area contributed by atoms with E-state index in [4.69, 9.17) is 10.5 Å². The van der Waals surface area contributed by atoms with Crippen LogP contribution in [0, 0.1) is 17.3 Å². The number of hydrogen-bond acceptors (Lipinski definition) is 2. The Hall–Kier alpha value is -0.0800. The molecule has 14 heavy (non-hydrogen) atoms. The number of hydrogen-bond donors (Lipinski definition) is 1. The molecule has 1 aliphatic rings. The van der Waals surface area contributed by atoms with E-state index in [-0.39, 0.29) is 0 Å². The minimum atomic E-state index is 0.383. The molecule has 2 nitrogen and oxygen atoms in total. The SMILES string of the molecule is COCC(C)C1CC(C)(C)CCC1N. The fraction of sp³-hybridized carbons (Fsp3) is 1.00. The van der Waals surface area contributed by atoms with E-state index in [1.165, 1.54) is 19.3 Å². The Morgan fingerprint density at radius 1 is 1.50 bits per heavy atom. The lowest BCUT2D eigenvalue weighted by Gasteiger charge is -2.41. The van der Waals surface area contributed by atoms with Crippen LogP contribution in [0.25, 0.3) is 0 Å². The van der Waals surface area contributed by atoms with Gasteiger partial charge in [0.1, 0.15) is 0 Å². The molecule has 3 unspecified atom stereocenters. The Morgan fingerprint density at radius 3 is 2.71 bits per heavy atom. The van der Waals surface area contributed by atoms with Gasteiger partial charge in [-0.05, 0) is 36.5 Å². The van der Waals surface area contributed by atoms with Gasteiger partial charge >= 0.3 is 0 Å². The second-order valence-corrected chi connectivity index (χ2v) is 5.67. The number of methoxy groups -OCH3 is 1. The summed E-state index contributed by atoms with van der Waals surface area (Å²) in [6, 6.07) is 0.383. The summed E-state index contributed by atoms with van der Waals surface area (Å²) in [4.78, 5) is 0. The molecule has 0 bridgehead atoms. The number of ether oxygens (including phenoxy) is 1. The lowest BCUT2D eigenvalue weighted by molar-refractivity contribution is 0.0668. The Balaban J connectivity index is 2.56. The second-order valence-electron chi connectivity index (χ2n) is 5.67. The molecule has 0 aromatic carbocycles. The molecule has 2 N–H and O–H groups in total. The van der Waals surface area contributed by atoms with Gasteiger partial charge in [-0.1, -0.05) is 20.8 Å². The van der Waals surface area contributed by atoms with Crippen molar-refractivity contribution >= 4 is 0 Å². The number of rotatable bonds is 3. The molecule has 0 radical (unpaired) electrons. The van der Waals surface area contributed by atoms with Gasteiger partial charge in [0.25, 0.3) is 0 Å². The van der Waals surface area contributed by atoms with E-state index in [2.05, 4.69) is 20.8 Å². The highest BCUT2D eigenvalue weighted by Crippen LogP contribution is 2.40. The minimum Gasteiger partial charge on any atom is -0.384 e. The van der Waals surface area contributed by atoms with Crippen molar-refractivity contribution in [1.82, 2.24) is 0 Å². The summed E-state index contributed by atoms with van der Waals surface area (Å²) >= 11 is 0. The minimum absolute atomic E-state index is 0.383. The normalized spacial score (nSPS) is 34.1. The van der Waals surface area contributed by atoms with Crippen LogP contribution in [0.1, 0.15) is 40.0 Å². The van der Waals surface area contributed by atoms with Crippen LogP contribution in [0.5, 0.6) is 0 Å². The van der Waals surface area contributed by atoms with Gasteiger partial charge in [0, 0.05) is 19.8 Å². The van der Waals surface area contributed by atoms with Crippen LogP contribution < -0.4 is 5.73 Å². The van der Waals surface area contributed by atoms with E-state index in [9.17, 15) is 0 Å². The molecule has 0 aliphatic heterocycles. The van der Waals surface area contributed by atoms with Crippen molar-refractivity contribution in [2.75, 3.05) is 13.7 Å². The van der Waals surface area contributed by atoms with Crippen molar-refractivity contribution in [1.29, 1.82) is 0 Å². The van der Waals surface area contributed by atoms with Crippen LogP contribution >= 0.6 is 0 Å². The standard InChI is InChI=1S/C12H25NO/c1-9(8-14-4)10-7-12(2,3)6-5-11(10)13/h9-11H,5-8,13H2,1-4H3. The Morgan fingerprint density at radius 2 is 2.14 bits per heavy atom. The highest BCUT2D eigenvalue weighted by molar-refractivity contribution is 4.89. The summed E-state index contributed by atoms with van der Waals surface area (Å²) in [7, 11) is 1.77. The van der Waals surface area contributed by atoms with E-state index in [1.807, 2.05) is 0 Å². The van der Waals surface area contributed by atoms with Gasteiger partial charge in [-0.25, -0.2) is 0 Å². The zero-order valence-corrected chi connectivity index (χ0v) is 10.0. The van der Waals surface area contributed by atoms with Gasteiger partial charge in [-0.3, -0.25) is 0 Å². The first kappa shape index (κ1) is 12.0. The third kappa shape index (κ3) is 2.96. The van der Waals surface area contributed by atoms with Crippen molar-refractivity contribution in [3.8, 4) is 0 Å². The highest BCUT2D eigenvalue weighted by atomic mass is 16.5. The third-order valence-corrected chi connectivity index (χ3v) is 3.65.